The number of nitrogens with zero attached hydrogens (tertiary/aromatic N) is 2. The van der Waals surface area contributed by atoms with E-state index in [-0.39, 0.29) is 17.2 Å². The fraction of sp³-hybridized carbons (Fsp3) is 0.267. The third-order valence-corrected chi connectivity index (χ3v) is 2.73. The van der Waals surface area contributed by atoms with Gasteiger partial charge in [0.05, 0.1) is 5.56 Å². The van der Waals surface area contributed by atoms with Crippen LogP contribution in [0.15, 0.2) is 36.7 Å². The number of benzene rings is 1. The highest BCUT2D eigenvalue weighted by Gasteiger charge is 2.27. The lowest BCUT2D eigenvalue weighted by Gasteiger charge is -2.18. The lowest BCUT2D eigenvalue weighted by molar-refractivity contribution is 0.0858. The maximum Gasteiger partial charge on any atom is 0.169 e. The Labute approximate surface area is 111 Å². The van der Waals surface area contributed by atoms with Crippen molar-refractivity contribution in [2.24, 2.45) is 5.41 Å². The number of hydrogen-bond donors (Lipinski definition) is 0. The van der Waals surface area contributed by atoms with Crippen LogP contribution in [0.5, 0.6) is 0 Å². The zero-order valence-electron chi connectivity index (χ0n) is 11.1. The molecular weight excluding hydrogens is 243 g/mol. The fourth-order valence-corrected chi connectivity index (χ4v) is 1.77. The molecule has 3 nitrogen and oxygen atoms in total. The topological polar surface area (TPSA) is 42.9 Å². The Morgan fingerprint density at radius 3 is 2.32 bits per heavy atom. The molecule has 0 fully saturated rings. The van der Waals surface area contributed by atoms with Crippen molar-refractivity contribution < 1.29 is 9.18 Å². The van der Waals surface area contributed by atoms with Crippen LogP contribution in [0, 0.1) is 11.2 Å². The predicted molar refractivity (Wildman–Crippen MR) is 71.2 cm³/mol. The van der Waals surface area contributed by atoms with Crippen LogP contribution in [0.4, 0.5) is 4.39 Å². The van der Waals surface area contributed by atoms with Crippen molar-refractivity contribution in [2.75, 3.05) is 0 Å². The highest BCUT2D eigenvalue weighted by Crippen LogP contribution is 2.29. The number of carbonyl (C=O) groups is 1. The molecule has 1 aromatic carbocycles. The third-order valence-electron chi connectivity index (χ3n) is 2.73. The van der Waals surface area contributed by atoms with E-state index in [1.54, 1.807) is 32.9 Å². The highest BCUT2D eigenvalue weighted by atomic mass is 19.1. The van der Waals surface area contributed by atoms with Crippen LogP contribution in [-0.4, -0.2) is 15.8 Å². The largest absolute Gasteiger partial charge is 0.294 e. The van der Waals surface area contributed by atoms with Gasteiger partial charge in [0.2, 0.25) is 0 Å². The average molecular weight is 258 g/mol. The van der Waals surface area contributed by atoms with Gasteiger partial charge in [-0.25, -0.2) is 14.4 Å². The predicted octanol–water partition coefficient (Wildman–Crippen LogP) is 3.51. The summed E-state index contributed by atoms with van der Waals surface area (Å²) in [5.41, 5.74) is -0.0983. The first-order valence-corrected chi connectivity index (χ1v) is 6.02. The van der Waals surface area contributed by atoms with Crippen LogP contribution >= 0.6 is 0 Å². The summed E-state index contributed by atoms with van der Waals surface area (Å²) in [5.74, 6) is -0.385. The molecule has 0 radical (unpaired) electrons. The van der Waals surface area contributed by atoms with E-state index in [1.807, 2.05) is 0 Å². The number of rotatable bonds is 2. The summed E-state index contributed by atoms with van der Waals surface area (Å²) in [6.07, 6.45) is 3.06. The molecule has 0 saturated carbocycles. The first-order chi connectivity index (χ1) is 8.91. The summed E-state index contributed by atoms with van der Waals surface area (Å²) in [6.45, 7) is 5.40. The summed E-state index contributed by atoms with van der Waals surface area (Å²) in [4.78, 5) is 20.5. The number of carbonyl (C=O) groups excluding carboxylic acids is 1. The third kappa shape index (κ3) is 2.67. The van der Waals surface area contributed by atoms with Crippen LogP contribution < -0.4 is 0 Å². The first-order valence-electron chi connectivity index (χ1n) is 6.02. The summed E-state index contributed by atoms with van der Waals surface area (Å²) >= 11 is 0. The van der Waals surface area contributed by atoms with Gasteiger partial charge >= 0.3 is 0 Å². The van der Waals surface area contributed by atoms with Gasteiger partial charge in [-0.1, -0.05) is 32.9 Å². The molecule has 0 N–H and O–H groups in total. The van der Waals surface area contributed by atoms with Crippen LogP contribution in [-0.2, 0) is 0 Å². The lowest BCUT2D eigenvalue weighted by atomic mass is 9.84. The maximum absolute atomic E-state index is 14.1. The number of halogens is 1. The van der Waals surface area contributed by atoms with Gasteiger partial charge in [-0.15, -0.1) is 0 Å². The average Bonchev–Trinajstić information content (AvgIpc) is 2.37. The Morgan fingerprint density at radius 1 is 1.11 bits per heavy atom. The minimum atomic E-state index is -0.586. The molecule has 0 saturated heterocycles. The molecular formula is C15H15FN2O. The number of Topliss-reactive ketones (excluding diaryl/α,β-unsaturated/α-hetero) is 1. The van der Waals surface area contributed by atoms with Gasteiger partial charge in [0.25, 0.3) is 0 Å². The van der Waals surface area contributed by atoms with Gasteiger partial charge in [-0.2, -0.15) is 0 Å². The summed E-state index contributed by atoms with van der Waals surface area (Å²) < 4.78 is 14.1. The second-order valence-corrected chi connectivity index (χ2v) is 5.31. The number of hydrogen-bond acceptors (Lipinski definition) is 3. The Kier molecular flexibility index (Phi) is 3.42. The van der Waals surface area contributed by atoms with Crippen molar-refractivity contribution in [1.82, 2.24) is 9.97 Å². The monoisotopic (exact) mass is 258 g/mol. The number of ketones is 1. The molecule has 98 valence electrons. The maximum atomic E-state index is 14.1. The molecule has 0 amide bonds. The summed E-state index contributed by atoms with van der Waals surface area (Å²) in [5, 5.41) is 0. The van der Waals surface area contributed by atoms with E-state index in [9.17, 15) is 9.18 Å². The van der Waals surface area contributed by atoms with E-state index in [1.165, 1.54) is 24.5 Å². The SMILES string of the molecule is CC(C)(C)C(=O)c1cccc(F)c1-c1ncccn1. The molecule has 0 aliphatic rings. The van der Waals surface area contributed by atoms with Gasteiger partial charge in [0, 0.05) is 23.4 Å². The molecule has 2 aromatic rings. The zero-order valence-corrected chi connectivity index (χ0v) is 11.1. The molecule has 0 aliphatic carbocycles. The summed E-state index contributed by atoms with van der Waals surface area (Å²) in [7, 11) is 0. The van der Waals surface area contributed by atoms with Crippen molar-refractivity contribution >= 4 is 5.78 Å². The van der Waals surface area contributed by atoms with Gasteiger partial charge < -0.3 is 0 Å². The Morgan fingerprint density at radius 2 is 1.74 bits per heavy atom. The molecule has 0 atom stereocenters. The molecule has 1 heterocycles. The van der Waals surface area contributed by atoms with Crippen LogP contribution in [0.3, 0.4) is 0 Å². The van der Waals surface area contributed by atoms with E-state index in [4.69, 9.17) is 0 Å². The van der Waals surface area contributed by atoms with E-state index in [0.717, 1.165) is 0 Å². The Balaban J connectivity index is 2.65. The van der Waals surface area contributed by atoms with Gasteiger partial charge in [0.1, 0.15) is 5.82 Å². The molecule has 0 spiro atoms. The molecule has 4 heteroatoms. The first kappa shape index (κ1) is 13.3. The van der Waals surface area contributed by atoms with E-state index in [0.29, 0.717) is 5.56 Å². The van der Waals surface area contributed by atoms with Crippen LogP contribution in [0.25, 0.3) is 11.4 Å². The minimum Gasteiger partial charge on any atom is -0.294 e. The molecule has 0 aliphatic heterocycles. The summed E-state index contributed by atoms with van der Waals surface area (Å²) in [6, 6.07) is 6.10. The van der Waals surface area contributed by atoms with Crippen LogP contribution in [0.2, 0.25) is 0 Å². The molecule has 19 heavy (non-hydrogen) atoms. The van der Waals surface area contributed by atoms with E-state index >= 15 is 0 Å². The molecule has 0 unspecified atom stereocenters. The molecule has 0 bridgehead atoms. The Bertz CT molecular complexity index is 603. The molecule has 2 rings (SSSR count). The van der Waals surface area contributed by atoms with Crippen molar-refractivity contribution in [3.05, 3.63) is 48.0 Å². The van der Waals surface area contributed by atoms with Gasteiger partial charge in [-0.3, -0.25) is 4.79 Å². The van der Waals surface area contributed by atoms with E-state index in [2.05, 4.69) is 9.97 Å². The second kappa shape index (κ2) is 4.88. The Hall–Kier alpha value is -2.10. The standard InChI is InChI=1S/C15H15FN2O/c1-15(2,3)13(19)10-6-4-7-11(16)12(10)14-17-8-5-9-18-14/h4-9H,1-3H3. The van der Waals surface area contributed by atoms with Crippen LogP contribution in [0.1, 0.15) is 31.1 Å². The van der Waals surface area contributed by atoms with E-state index < -0.39 is 11.2 Å². The van der Waals surface area contributed by atoms with Crippen molar-refractivity contribution in [2.45, 2.75) is 20.8 Å². The van der Waals surface area contributed by atoms with Crippen molar-refractivity contribution in [1.29, 1.82) is 0 Å². The quantitative estimate of drug-likeness (QED) is 0.774. The minimum absolute atomic E-state index is 0.130. The normalized spacial score (nSPS) is 11.4. The lowest BCUT2D eigenvalue weighted by Crippen LogP contribution is -2.21. The van der Waals surface area contributed by atoms with Gasteiger partial charge in [-0.05, 0) is 12.1 Å². The highest BCUT2D eigenvalue weighted by molar-refractivity contribution is 6.04. The zero-order chi connectivity index (χ0) is 14.0. The van der Waals surface area contributed by atoms with Gasteiger partial charge in [0.15, 0.2) is 11.6 Å². The second-order valence-electron chi connectivity index (χ2n) is 5.31. The fourth-order valence-electron chi connectivity index (χ4n) is 1.77. The van der Waals surface area contributed by atoms with Crippen molar-refractivity contribution in [3.63, 3.8) is 0 Å². The smallest absolute Gasteiger partial charge is 0.169 e. The van der Waals surface area contributed by atoms with Crippen molar-refractivity contribution in [3.8, 4) is 11.4 Å². The number of aromatic nitrogens is 2. The molecule has 1 aromatic heterocycles.